The lowest BCUT2D eigenvalue weighted by atomic mass is 10.1. The molecule has 5 heteroatoms. The average molecular weight is 272 g/mol. The minimum absolute atomic E-state index is 0.417. The summed E-state index contributed by atoms with van der Waals surface area (Å²) in [4.78, 5) is 10.9. The molecule has 0 saturated carbocycles. The van der Waals surface area contributed by atoms with E-state index in [0.29, 0.717) is 30.4 Å². The molecule has 0 radical (unpaired) electrons. The topological polar surface area (TPSA) is 38.2 Å². The molecule has 0 spiro atoms. The van der Waals surface area contributed by atoms with Crippen molar-refractivity contribution >= 4 is 17.5 Å². The zero-order valence-electron chi connectivity index (χ0n) is 11.4. The molecule has 0 bridgehead atoms. The molecule has 0 N–H and O–H groups in total. The Bertz CT molecular complexity index is 345. The van der Waals surface area contributed by atoms with Crippen LogP contribution in [-0.4, -0.2) is 35.0 Å². The van der Waals surface area contributed by atoms with Crippen molar-refractivity contribution in [2.24, 2.45) is 0 Å². The van der Waals surface area contributed by atoms with Gasteiger partial charge in [-0.2, -0.15) is 4.98 Å². The Balaban J connectivity index is 2.93. The highest BCUT2D eigenvalue weighted by molar-refractivity contribution is 6.18. The number of alkyl halides is 1. The molecule has 0 unspecified atom stereocenters. The zero-order chi connectivity index (χ0) is 13.4. The lowest BCUT2D eigenvalue weighted by Gasteiger charge is -2.29. The third-order valence-electron chi connectivity index (χ3n) is 2.88. The fourth-order valence-electron chi connectivity index (χ4n) is 1.97. The summed E-state index contributed by atoms with van der Waals surface area (Å²) >= 11 is 5.88. The highest BCUT2D eigenvalue weighted by atomic mass is 35.5. The largest absolute Gasteiger partial charge is 0.478 e. The Morgan fingerprint density at radius 1 is 1.33 bits per heavy atom. The van der Waals surface area contributed by atoms with Crippen molar-refractivity contribution in [2.75, 3.05) is 23.9 Å². The molecule has 102 valence electrons. The molecule has 1 heterocycles. The molecule has 0 aliphatic rings. The minimum Gasteiger partial charge on any atom is -0.478 e. The summed E-state index contributed by atoms with van der Waals surface area (Å²) in [5.74, 6) is 1.89. The molecule has 1 rings (SSSR count). The van der Waals surface area contributed by atoms with Crippen LogP contribution in [0, 0.1) is 0 Å². The third kappa shape index (κ3) is 4.02. The first-order valence-corrected chi connectivity index (χ1v) is 7.08. The van der Waals surface area contributed by atoms with Crippen molar-refractivity contribution in [2.45, 2.75) is 39.7 Å². The van der Waals surface area contributed by atoms with Gasteiger partial charge in [-0.1, -0.05) is 13.8 Å². The molecule has 0 amide bonds. The average Bonchev–Trinajstić information content (AvgIpc) is 2.40. The molecular formula is C13H22ClN3O. The first-order valence-electron chi connectivity index (χ1n) is 6.55. The number of aromatic nitrogens is 2. The predicted molar refractivity (Wildman–Crippen MR) is 75.6 cm³/mol. The summed E-state index contributed by atoms with van der Waals surface area (Å²) in [6.07, 6.45) is 3.84. The molecule has 18 heavy (non-hydrogen) atoms. The van der Waals surface area contributed by atoms with Crippen LogP contribution in [0.2, 0.25) is 0 Å². The SMILES string of the molecule is CCOc1ccnc(N(CCCl)C(CC)CC)n1. The van der Waals surface area contributed by atoms with Crippen molar-refractivity contribution < 1.29 is 4.74 Å². The number of nitrogens with zero attached hydrogens (tertiary/aromatic N) is 3. The van der Waals surface area contributed by atoms with E-state index in [1.807, 2.05) is 6.92 Å². The number of halogens is 1. The maximum absolute atomic E-state index is 5.88. The first-order chi connectivity index (χ1) is 8.76. The number of hydrogen-bond donors (Lipinski definition) is 0. The number of rotatable bonds is 8. The fraction of sp³-hybridized carbons (Fsp3) is 0.692. The Labute approximate surface area is 114 Å². The molecule has 0 aliphatic carbocycles. The fourth-order valence-corrected chi connectivity index (χ4v) is 2.15. The summed E-state index contributed by atoms with van der Waals surface area (Å²) in [5.41, 5.74) is 0. The van der Waals surface area contributed by atoms with Crippen molar-refractivity contribution in [1.29, 1.82) is 0 Å². The van der Waals surface area contributed by atoms with Crippen molar-refractivity contribution in [3.05, 3.63) is 12.3 Å². The van der Waals surface area contributed by atoms with Crippen LogP contribution in [0.5, 0.6) is 5.88 Å². The van der Waals surface area contributed by atoms with Gasteiger partial charge in [0.15, 0.2) is 0 Å². The number of anilines is 1. The summed E-state index contributed by atoms with van der Waals surface area (Å²) in [6, 6.07) is 2.19. The van der Waals surface area contributed by atoms with Gasteiger partial charge in [0.2, 0.25) is 11.8 Å². The smallest absolute Gasteiger partial charge is 0.228 e. The van der Waals surface area contributed by atoms with Crippen molar-refractivity contribution in [3.63, 3.8) is 0 Å². The van der Waals surface area contributed by atoms with Gasteiger partial charge in [-0.3, -0.25) is 0 Å². The quantitative estimate of drug-likeness (QED) is 0.681. The predicted octanol–water partition coefficient (Wildman–Crippen LogP) is 3.11. The third-order valence-corrected chi connectivity index (χ3v) is 3.04. The minimum atomic E-state index is 0.417. The van der Waals surface area contributed by atoms with E-state index in [2.05, 4.69) is 28.7 Å². The molecular weight excluding hydrogens is 250 g/mol. The van der Waals surface area contributed by atoms with Crippen LogP contribution in [0.3, 0.4) is 0 Å². The Morgan fingerprint density at radius 3 is 2.61 bits per heavy atom. The van der Waals surface area contributed by atoms with Gasteiger partial charge in [0.05, 0.1) is 6.61 Å². The molecule has 0 aromatic carbocycles. The van der Waals surface area contributed by atoms with Crippen LogP contribution < -0.4 is 9.64 Å². The molecule has 1 aromatic rings. The van der Waals surface area contributed by atoms with Crippen LogP contribution in [0.4, 0.5) is 5.95 Å². The van der Waals surface area contributed by atoms with Crippen molar-refractivity contribution in [3.8, 4) is 5.88 Å². The molecule has 0 atom stereocenters. The Hall–Kier alpha value is -1.03. The monoisotopic (exact) mass is 271 g/mol. The maximum atomic E-state index is 5.88. The van der Waals surface area contributed by atoms with Crippen LogP contribution in [0.15, 0.2) is 12.3 Å². The zero-order valence-corrected chi connectivity index (χ0v) is 12.2. The van der Waals surface area contributed by atoms with Gasteiger partial charge in [-0.05, 0) is 19.8 Å². The summed E-state index contributed by atoms with van der Waals surface area (Å²) < 4.78 is 5.41. The van der Waals surface area contributed by atoms with Crippen molar-refractivity contribution in [1.82, 2.24) is 9.97 Å². The molecule has 4 nitrogen and oxygen atoms in total. The first kappa shape index (κ1) is 15.0. The summed E-state index contributed by atoms with van der Waals surface area (Å²) in [5, 5.41) is 0. The van der Waals surface area contributed by atoms with E-state index in [9.17, 15) is 0 Å². The van der Waals surface area contributed by atoms with Crippen LogP contribution >= 0.6 is 11.6 Å². The van der Waals surface area contributed by atoms with Gasteiger partial charge < -0.3 is 9.64 Å². The Kier molecular flexibility index (Phi) is 6.80. The normalized spacial score (nSPS) is 10.7. The van der Waals surface area contributed by atoms with E-state index in [0.717, 1.165) is 19.4 Å². The van der Waals surface area contributed by atoms with E-state index < -0.39 is 0 Å². The lowest BCUT2D eigenvalue weighted by molar-refractivity contribution is 0.326. The van der Waals surface area contributed by atoms with Gasteiger partial charge in [0, 0.05) is 30.7 Å². The number of hydrogen-bond acceptors (Lipinski definition) is 4. The highest BCUT2D eigenvalue weighted by Gasteiger charge is 2.18. The second-order valence-corrected chi connectivity index (χ2v) is 4.36. The van der Waals surface area contributed by atoms with Crippen LogP contribution in [0.1, 0.15) is 33.6 Å². The van der Waals surface area contributed by atoms with E-state index in [1.54, 1.807) is 12.3 Å². The lowest BCUT2D eigenvalue weighted by Crippen LogP contribution is -2.37. The van der Waals surface area contributed by atoms with Crippen LogP contribution in [0.25, 0.3) is 0 Å². The summed E-state index contributed by atoms with van der Waals surface area (Å²) in [7, 11) is 0. The van der Waals surface area contributed by atoms with Gasteiger partial charge in [-0.25, -0.2) is 4.98 Å². The molecule has 1 aromatic heterocycles. The highest BCUT2D eigenvalue weighted by Crippen LogP contribution is 2.18. The van der Waals surface area contributed by atoms with E-state index in [1.165, 1.54) is 0 Å². The van der Waals surface area contributed by atoms with Gasteiger partial charge >= 0.3 is 0 Å². The van der Waals surface area contributed by atoms with Gasteiger partial charge in [-0.15, -0.1) is 11.6 Å². The molecule has 0 aliphatic heterocycles. The van der Waals surface area contributed by atoms with E-state index in [4.69, 9.17) is 16.3 Å². The van der Waals surface area contributed by atoms with Gasteiger partial charge in [0.1, 0.15) is 0 Å². The molecule has 0 saturated heterocycles. The van der Waals surface area contributed by atoms with E-state index >= 15 is 0 Å². The number of ether oxygens (including phenoxy) is 1. The Morgan fingerprint density at radius 2 is 2.06 bits per heavy atom. The maximum Gasteiger partial charge on any atom is 0.228 e. The van der Waals surface area contributed by atoms with E-state index in [-0.39, 0.29) is 0 Å². The standard InChI is InChI=1S/C13H22ClN3O/c1-4-11(5-2)17(10-8-14)13-15-9-7-12(16-13)18-6-3/h7,9,11H,4-6,8,10H2,1-3H3. The summed E-state index contributed by atoms with van der Waals surface area (Å²) in [6.45, 7) is 7.64. The molecule has 0 fully saturated rings. The second kappa shape index (κ2) is 8.14. The van der Waals surface area contributed by atoms with Gasteiger partial charge in [0.25, 0.3) is 0 Å². The van der Waals surface area contributed by atoms with Crippen LogP contribution in [-0.2, 0) is 0 Å². The second-order valence-electron chi connectivity index (χ2n) is 3.98.